The van der Waals surface area contributed by atoms with E-state index in [-0.39, 0.29) is 0 Å². The van der Waals surface area contributed by atoms with E-state index in [9.17, 15) is 0 Å². The number of aryl methyl sites for hydroxylation is 1. The molecule has 3 rings (SSSR count). The zero-order valence-corrected chi connectivity index (χ0v) is 10.4. The number of hydrogen-bond donors (Lipinski definition) is 1. The van der Waals surface area contributed by atoms with Crippen LogP contribution in [0.4, 0.5) is 0 Å². The van der Waals surface area contributed by atoms with Gasteiger partial charge in [0.15, 0.2) is 5.82 Å². The molecule has 1 unspecified atom stereocenters. The second-order valence-corrected chi connectivity index (χ2v) is 5.24. The molecule has 17 heavy (non-hydrogen) atoms. The van der Waals surface area contributed by atoms with Crippen molar-refractivity contribution in [2.45, 2.75) is 38.8 Å². The molecular formula is C12H20N4O. The molecule has 2 heterocycles. The van der Waals surface area contributed by atoms with Crippen LogP contribution in [0.3, 0.4) is 0 Å². The highest BCUT2D eigenvalue weighted by molar-refractivity contribution is 4.90. The second kappa shape index (κ2) is 4.74. The van der Waals surface area contributed by atoms with Crippen LogP contribution in [-0.2, 0) is 6.54 Å². The smallest absolute Gasteiger partial charge is 0.223 e. The highest BCUT2D eigenvalue weighted by atomic mass is 16.5. The predicted octanol–water partition coefficient (Wildman–Crippen LogP) is 0.952. The Hall–Kier alpha value is -0.940. The van der Waals surface area contributed by atoms with Gasteiger partial charge in [0.25, 0.3) is 0 Å². The van der Waals surface area contributed by atoms with Crippen molar-refractivity contribution in [1.29, 1.82) is 0 Å². The molecule has 1 aliphatic carbocycles. The van der Waals surface area contributed by atoms with E-state index in [4.69, 9.17) is 4.52 Å². The quantitative estimate of drug-likeness (QED) is 0.825. The van der Waals surface area contributed by atoms with Crippen molar-refractivity contribution in [3.63, 3.8) is 0 Å². The van der Waals surface area contributed by atoms with Crippen LogP contribution in [0.1, 0.15) is 31.0 Å². The summed E-state index contributed by atoms with van der Waals surface area (Å²) in [5.41, 5.74) is 0. The predicted molar refractivity (Wildman–Crippen MR) is 63.4 cm³/mol. The normalized spacial score (nSPS) is 25.6. The molecule has 2 aliphatic rings. The number of likely N-dealkylation sites (tertiary alicyclic amines) is 1. The van der Waals surface area contributed by atoms with Gasteiger partial charge in [-0.05, 0) is 38.3 Å². The van der Waals surface area contributed by atoms with Gasteiger partial charge in [-0.25, -0.2) is 0 Å². The lowest BCUT2D eigenvalue weighted by atomic mass is 10.1. The first-order valence-electron chi connectivity index (χ1n) is 6.55. The van der Waals surface area contributed by atoms with Crippen molar-refractivity contribution in [3.8, 4) is 0 Å². The number of aromatic nitrogens is 2. The van der Waals surface area contributed by atoms with Gasteiger partial charge in [-0.1, -0.05) is 5.16 Å². The topological polar surface area (TPSA) is 54.2 Å². The number of hydrogen-bond acceptors (Lipinski definition) is 5. The Morgan fingerprint density at radius 1 is 1.41 bits per heavy atom. The first-order chi connectivity index (χ1) is 8.31. The van der Waals surface area contributed by atoms with Crippen molar-refractivity contribution in [1.82, 2.24) is 20.4 Å². The fraction of sp³-hybridized carbons (Fsp3) is 0.833. The van der Waals surface area contributed by atoms with E-state index in [1.54, 1.807) is 0 Å². The third-order valence-corrected chi connectivity index (χ3v) is 3.67. The summed E-state index contributed by atoms with van der Waals surface area (Å²) in [4.78, 5) is 6.82. The fourth-order valence-corrected chi connectivity index (χ4v) is 2.60. The minimum Gasteiger partial charge on any atom is -0.340 e. The van der Waals surface area contributed by atoms with Crippen LogP contribution in [0.5, 0.6) is 0 Å². The van der Waals surface area contributed by atoms with E-state index in [2.05, 4.69) is 20.4 Å². The fourth-order valence-electron chi connectivity index (χ4n) is 2.60. The molecule has 1 saturated heterocycles. The summed E-state index contributed by atoms with van der Waals surface area (Å²) in [6.45, 7) is 6.16. The van der Waals surface area contributed by atoms with Gasteiger partial charge in [0, 0.05) is 19.5 Å². The van der Waals surface area contributed by atoms with Gasteiger partial charge in [0.05, 0.1) is 6.54 Å². The van der Waals surface area contributed by atoms with E-state index in [0.29, 0.717) is 5.89 Å². The van der Waals surface area contributed by atoms with E-state index in [1.165, 1.54) is 32.4 Å². The molecule has 0 spiro atoms. The molecule has 1 saturated carbocycles. The molecule has 2 fully saturated rings. The minimum atomic E-state index is 0.641. The zero-order chi connectivity index (χ0) is 11.7. The zero-order valence-electron chi connectivity index (χ0n) is 10.4. The van der Waals surface area contributed by atoms with Crippen LogP contribution < -0.4 is 5.32 Å². The third kappa shape index (κ3) is 2.84. The van der Waals surface area contributed by atoms with Crippen LogP contribution >= 0.6 is 0 Å². The molecule has 0 amide bonds. The molecule has 1 aliphatic heterocycles. The van der Waals surface area contributed by atoms with Gasteiger partial charge in [-0.2, -0.15) is 4.98 Å². The molecule has 0 radical (unpaired) electrons. The molecular weight excluding hydrogens is 216 g/mol. The lowest BCUT2D eigenvalue weighted by Gasteiger charge is -2.14. The van der Waals surface area contributed by atoms with Gasteiger partial charge in [-0.3, -0.25) is 0 Å². The first-order valence-corrected chi connectivity index (χ1v) is 6.55. The summed E-state index contributed by atoms with van der Waals surface area (Å²) < 4.78 is 4.93. The number of nitrogens with zero attached hydrogens (tertiary/aromatic N) is 3. The van der Waals surface area contributed by atoms with Gasteiger partial charge >= 0.3 is 0 Å². The molecule has 5 nitrogen and oxygen atoms in total. The summed E-state index contributed by atoms with van der Waals surface area (Å²) in [6, 6.07) is 0.917. The third-order valence-electron chi connectivity index (χ3n) is 3.67. The van der Waals surface area contributed by atoms with Crippen LogP contribution in [0.2, 0.25) is 0 Å². The Bertz CT molecular complexity index is 374. The van der Waals surface area contributed by atoms with Crippen LogP contribution in [-0.4, -0.2) is 40.7 Å². The van der Waals surface area contributed by atoms with Crippen LogP contribution in [0.25, 0.3) is 0 Å². The van der Waals surface area contributed by atoms with E-state index < -0.39 is 0 Å². The lowest BCUT2D eigenvalue weighted by Crippen LogP contribution is -2.27. The summed E-state index contributed by atoms with van der Waals surface area (Å²) in [6.07, 6.45) is 4.17. The van der Waals surface area contributed by atoms with E-state index in [0.717, 1.165) is 30.9 Å². The molecule has 1 N–H and O–H groups in total. The number of nitrogens with one attached hydrogen (secondary N) is 1. The molecule has 1 aromatic rings. The molecule has 1 aromatic heterocycles. The standard InChI is InChI=1S/C12H20N4O/c1-9-14-12(15-17-9)7-13-6-10-4-5-16(8-10)11-2-3-11/h10-11,13H,2-8H2,1H3. The Labute approximate surface area is 102 Å². The van der Waals surface area contributed by atoms with Crippen LogP contribution in [0, 0.1) is 12.8 Å². The largest absolute Gasteiger partial charge is 0.340 e. The van der Waals surface area contributed by atoms with Crippen molar-refractivity contribution >= 4 is 0 Å². The Balaban J connectivity index is 1.37. The van der Waals surface area contributed by atoms with Crippen LogP contribution in [0.15, 0.2) is 4.52 Å². The summed E-state index contributed by atoms with van der Waals surface area (Å²) in [5, 5.41) is 7.30. The highest BCUT2D eigenvalue weighted by Gasteiger charge is 2.33. The first kappa shape index (κ1) is 11.2. The van der Waals surface area contributed by atoms with E-state index in [1.807, 2.05) is 6.92 Å². The highest BCUT2D eigenvalue weighted by Crippen LogP contribution is 2.31. The molecule has 0 bridgehead atoms. The summed E-state index contributed by atoms with van der Waals surface area (Å²) >= 11 is 0. The maximum absolute atomic E-state index is 4.93. The molecule has 94 valence electrons. The van der Waals surface area contributed by atoms with E-state index >= 15 is 0 Å². The Kier molecular flexibility index (Phi) is 3.11. The van der Waals surface area contributed by atoms with Gasteiger partial charge in [0.2, 0.25) is 5.89 Å². The Morgan fingerprint density at radius 2 is 2.29 bits per heavy atom. The SMILES string of the molecule is Cc1nc(CNCC2CCN(C3CC3)C2)no1. The molecule has 1 atom stereocenters. The Morgan fingerprint density at radius 3 is 3.00 bits per heavy atom. The second-order valence-electron chi connectivity index (χ2n) is 5.24. The maximum atomic E-state index is 4.93. The lowest BCUT2D eigenvalue weighted by molar-refractivity contribution is 0.311. The molecule has 0 aromatic carbocycles. The molecule has 5 heteroatoms. The van der Waals surface area contributed by atoms with Crippen molar-refractivity contribution in [3.05, 3.63) is 11.7 Å². The summed E-state index contributed by atoms with van der Waals surface area (Å²) in [7, 11) is 0. The average Bonchev–Trinajstić information content (AvgIpc) is 2.93. The number of rotatable bonds is 5. The van der Waals surface area contributed by atoms with Crippen molar-refractivity contribution in [2.24, 2.45) is 5.92 Å². The van der Waals surface area contributed by atoms with Gasteiger partial charge in [0.1, 0.15) is 0 Å². The van der Waals surface area contributed by atoms with Crippen molar-refractivity contribution in [2.75, 3.05) is 19.6 Å². The van der Waals surface area contributed by atoms with Crippen molar-refractivity contribution < 1.29 is 4.52 Å². The van der Waals surface area contributed by atoms with Gasteiger partial charge in [-0.15, -0.1) is 0 Å². The summed E-state index contributed by atoms with van der Waals surface area (Å²) in [5.74, 6) is 2.20. The maximum Gasteiger partial charge on any atom is 0.223 e. The minimum absolute atomic E-state index is 0.641. The monoisotopic (exact) mass is 236 g/mol. The van der Waals surface area contributed by atoms with Gasteiger partial charge < -0.3 is 14.7 Å². The average molecular weight is 236 g/mol.